The van der Waals surface area contributed by atoms with E-state index >= 15 is 0 Å². The van der Waals surface area contributed by atoms with Gasteiger partial charge in [0.25, 0.3) is 0 Å². The van der Waals surface area contributed by atoms with Crippen molar-refractivity contribution in [1.82, 2.24) is 19.1 Å². The molecule has 0 aliphatic carbocycles. The van der Waals surface area contributed by atoms with E-state index in [1.807, 2.05) is 30.6 Å². The second-order valence-electron chi connectivity index (χ2n) is 10.8. The Morgan fingerprint density at radius 3 is 1.52 bits per heavy atom. The summed E-state index contributed by atoms with van der Waals surface area (Å²) in [6.45, 7) is 0. The number of hydrogen-bond acceptors (Lipinski definition) is 2. The number of fused-ring (bicyclic) bond motifs is 7. The summed E-state index contributed by atoms with van der Waals surface area (Å²) in [7, 11) is 0. The summed E-state index contributed by atoms with van der Waals surface area (Å²) in [4.78, 5) is 9.72. The molecule has 0 saturated heterocycles. The van der Waals surface area contributed by atoms with Crippen LogP contribution in [0.25, 0.3) is 77.1 Å². The van der Waals surface area contributed by atoms with Crippen LogP contribution in [0.4, 0.5) is 0 Å². The molecule has 0 unspecified atom stereocenters. The predicted octanol–water partition coefficient (Wildman–Crippen LogP) is 9.49. The van der Waals surface area contributed by atoms with E-state index in [1.54, 1.807) is 0 Å². The minimum Gasteiger partial charge on any atom is -0.309 e. The molecule has 0 N–H and O–H groups in total. The summed E-state index contributed by atoms with van der Waals surface area (Å²) in [5.74, 6) is 0.666. The fraction of sp³-hybridized carbons (Fsp3) is 0. The molecule has 3 aromatic heterocycles. The van der Waals surface area contributed by atoms with Crippen molar-refractivity contribution in [3.63, 3.8) is 0 Å². The minimum atomic E-state index is 0.666. The highest BCUT2D eigenvalue weighted by molar-refractivity contribution is 6.18. The Morgan fingerprint density at radius 2 is 0.881 bits per heavy atom. The molecule has 0 bridgehead atoms. The number of aromatic nitrogens is 4. The Hall–Kier alpha value is -5.74. The number of hydrogen-bond donors (Lipinski definition) is 0. The number of nitrogens with zero attached hydrogens (tertiary/aromatic N) is 4. The Bertz CT molecular complexity index is 2430. The van der Waals surface area contributed by atoms with Crippen LogP contribution in [0.15, 0.2) is 146 Å². The fourth-order valence-electron chi connectivity index (χ4n) is 6.47. The largest absolute Gasteiger partial charge is 0.309 e. The average Bonchev–Trinajstić information content (AvgIpc) is 3.55. The molecule has 0 aliphatic rings. The molecule has 0 aliphatic heterocycles. The van der Waals surface area contributed by atoms with Crippen LogP contribution in [-0.2, 0) is 0 Å². The molecular weight excluding hydrogens is 512 g/mol. The average molecular weight is 537 g/mol. The van der Waals surface area contributed by atoms with Crippen LogP contribution in [0.2, 0.25) is 0 Å². The van der Waals surface area contributed by atoms with E-state index in [0.29, 0.717) is 5.95 Å². The van der Waals surface area contributed by atoms with Crippen molar-refractivity contribution < 1.29 is 0 Å². The molecule has 0 spiro atoms. The van der Waals surface area contributed by atoms with Gasteiger partial charge in [0.1, 0.15) is 0 Å². The molecule has 0 amide bonds. The Labute approximate surface area is 241 Å². The van der Waals surface area contributed by atoms with Crippen LogP contribution in [0.1, 0.15) is 0 Å². The van der Waals surface area contributed by atoms with E-state index in [2.05, 4.69) is 124 Å². The standard InChI is InChI=1S/C38H24N4/c1-3-11-25(12-4-1)28-23-39-38(40-24-28)42-35-18-10-8-16-31(35)33-20-26-19-32-30-15-7-9-17-34(30)41(29-13-5-2-6-14-29)36(32)21-27(26)22-37(33)42/h1-24H. The lowest BCUT2D eigenvalue weighted by Gasteiger charge is -2.09. The maximum atomic E-state index is 4.86. The highest BCUT2D eigenvalue weighted by atomic mass is 15.1. The summed E-state index contributed by atoms with van der Waals surface area (Å²) >= 11 is 0. The summed E-state index contributed by atoms with van der Waals surface area (Å²) in [5, 5.41) is 7.30. The second-order valence-corrected chi connectivity index (χ2v) is 10.8. The summed E-state index contributed by atoms with van der Waals surface area (Å²) in [6.07, 6.45) is 3.84. The molecule has 6 aromatic carbocycles. The lowest BCUT2D eigenvalue weighted by Crippen LogP contribution is -2.00. The molecule has 0 fully saturated rings. The highest BCUT2D eigenvalue weighted by Crippen LogP contribution is 2.38. The third kappa shape index (κ3) is 3.36. The summed E-state index contributed by atoms with van der Waals surface area (Å²) < 4.78 is 4.56. The van der Waals surface area contributed by atoms with E-state index in [1.165, 1.54) is 43.4 Å². The van der Waals surface area contributed by atoms with Crippen LogP contribution in [0.5, 0.6) is 0 Å². The second kappa shape index (κ2) is 8.88. The molecule has 0 radical (unpaired) electrons. The van der Waals surface area contributed by atoms with Crippen LogP contribution >= 0.6 is 0 Å². The first kappa shape index (κ1) is 23.0. The van der Waals surface area contributed by atoms with Crippen LogP contribution in [0.3, 0.4) is 0 Å². The van der Waals surface area contributed by atoms with E-state index in [0.717, 1.165) is 27.8 Å². The quantitative estimate of drug-likeness (QED) is 0.225. The number of benzene rings is 6. The first-order valence-corrected chi connectivity index (χ1v) is 14.2. The Balaban J connectivity index is 1.33. The summed E-state index contributed by atoms with van der Waals surface area (Å²) in [6, 6.07) is 47.4. The zero-order valence-corrected chi connectivity index (χ0v) is 22.6. The van der Waals surface area contributed by atoms with E-state index in [9.17, 15) is 0 Å². The van der Waals surface area contributed by atoms with E-state index in [4.69, 9.17) is 9.97 Å². The molecule has 4 heteroatoms. The number of para-hydroxylation sites is 3. The van der Waals surface area contributed by atoms with Gasteiger partial charge in [0.15, 0.2) is 0 Å². The van der Waals surface area contributed by atoms with Gasteiger partial charge in [0.2, 0.25) is 5.95 Å². The van der Waals surface area contributed by atoms with Gasteiger partial charge in [-0.25, -0.2) is 9.97 Å². The van der Waals surface area contributed by atoms with Gasteiger partial charge in [-0.05, 0) is 64.9 Å². The minimum absolute atomic E-state index is 0.666. The van der Waals surface area contributed by atoms with Gasteiger partial charge in [-0.3, -0.25) is 4.57 Å². The molecule has 196 valence electrons. The van der Waals surface area contributed by atoms with Crippen molar-refractivity contribution in [2.24, 2.45) is 0 Å². The zero-order valence-electron chi connectivity index (χ0n) is 22.6. The molecule has 3 heterocycles. The number of rotatable bonds is 3. The van der Waals surface area contributed by atoms with Gasteiger partial charge in [0, 0.05) is 45.2 Å². The van der Waals surface area contributed by atoms with Crippen molar-refractivity contribution in [3.05, 3.63) is 146 Å². The van der Waals surface area contributed by atoms with Gasteiger partial charge >= 0.3 is 0 Å². The Morgan fingerprint density at radius 1 is 0.381 bits per heavy atom. The van der Waals surface area contributed by atoms with Gasteiger partial charge in [-0.2, -0.15) is 0 Å². The van der Waals surface area contributed by atoms with Gasteiger partial charge in [0.05, 0.1) is 22.1 Å². The fourth-order valence-corrected chi connectivity index (χ4v) is 6.47. The Kier molecular flexibility index (Phi) is 4.87. The topological polar surface area (TPSA) is 35.6 Å². The van der Waals surface area contributed by atoms with Crippen molar-refractivity contribution in [3.8, 4) is 22.8 Å². The van der Waals surface area contributed by atoms with Gasteiger partial charge in [-0.1, -0.05) is 84.9 Å². The zero-order chi connectivity index (χ0) is 27.6. The van der Waals surface area contributed by atoms with Crippen LogP contribution in [0, 0.1) is 0 Å². The first-order chi connectivity index (χ1) is 20.8. The third-order valence-electron chi connectivity index (χ3n) is 8.38. The maximum absolute atomic E-state index is 4.86. The van der Waals surface area contributed by atoms with Crippen LogP contribution in [-0.4, -0.2) is 19.1 Å². The lowest BCUT2D eigenvalue weighted by atomic mass is 10.0. The molecule has 0 atom stereocenters. The highest BCUT2D eigenvalue weighted by Gasteiger charge is 2.17. The van der Waals surface area contributed by atoms with Crippen molar-refractivity contribution in [1.29, 1.82) is 0 Å². The predicted molar refractivity (Wildman–Crippen MR) is 174 cm³/mol. The molecule has 9 aromatic rings. The smallest absolute Gasteiger partial charge is 0.234 e. The molecule has 4 nitrogen and oxygen atoms in total. The molecule has 0 saturated carbocycles. The normalized spacial score (nSPS) is 11.8. The molecule has 42 heavy (non-hydrogen) atoms. The van der Waals surface area contributed by atoms with Gasteiger partial charge in [-0.15, -0.1) is 0 Å². The third-order valence-corrected chi connectivity index (χ3v) is 8.38. The van der Waals surface area contributed by atoms with Crippen molar-refractivity contribution >= 4 is 54.4 Å². The van der Waals surface area contributed by atoms with Crippen molar-refractivity contribution in [2.45, 2.75) is 0 Å². The monoisotopic (exact) mass is 536 g/mol. The van der Waals surface area contributed by atoms with Crippen LogP contribution < -0.4 is 0 Å². The van der Waals surface area contributed by atoms with E-state index in [-0.39, 0.29) is 0 Å². The van der Waals surface area contributed by atoms with E-state index < -0.39 is 0 Å². The molecule has 9 rings (SSSR count). The van der Waals surface area contributed by atoms with Gasteiger partial charge < -0.3 is 4.57 Å². The SMILES string of the molecule is c1ccc(-c2cnc(-n3c4ccccc4c4cc5cc6c7ccccc7n(-c7ccccc7)c6cc5cc43)nc2)cc1. The van der Waals surface area contributed by atoms with Crippen molar-refractivity contribution in [2.75, 3.05) is 0 Å². The molecular formula is C38H24N4. The first-order valence-electron chi connectivity index (χ1n) is 14.2. The lowest BCUT2D eigenvalue weighted by molar-refractivity contribution is 0.990. The maximum Gasteiger partial charge on any atom is 0.234 e. The summed E-state index contributed by atoms with van der Waals surface area (Å²) in [5.41, 5.74) is 7.86.